The summed E-state index contributed by atoms with van der Waals surface area (Å²) >= 11 is 0. The lowest BCUT2D eigenvalue weighted by molar-refractivity contribution is 0.708. The maximum Gasteiger partial charge on any atom is 0.180 e. The maximum absolute atomic E-state index is 4.99. The summed E-state index contributed by atoms with van der Waals surface area (Å²) in [7, 11) is 0. The molecule has 0 unspecified atom stereocenters. The number of hydrogen-bond donors (Lipinski definition) is 1. The predicted molar refractivity (Wildman–Crippen MR) is 102 cm³/mol. The van der Waals surface area contributed by atoms with Crippen molar-refractivity contribution in [3.05, 3.63) is 71.0 Å². The summed E-state index contributed by atoms with van der Waals surface area (Å²) in [5.41, 5.74) is 6.08. The molecule has 5 rings (SSSR count). The molecule has 0 spiro atoms. The summed E-state index contributed by atoms with van der Waals surface area (Å²) in [6.07, 6.45) is 3.71. The molecule has 0 aliphatic carbocycles. The molecule has 0 saturated heterocycles. The molecule has 2 aliphatic heterocycles. The third kappa shape index (κ3) is 2.74. The van der Waals surface area contributed by atoms with E-state index in [1.807, 2.05) is 18.2 Å². The average Bonchev–Trinajstić information content (AvgIpc) is 2.98. The van der Waals surface area contributed by atoms with Gasteiger partial charge in [-0.2, -0.15) is 0 Å². The summed E-state index contributed by atoms with van der Waals surface area (Å²) in [6.45, 7) is 3.77. The fraction of sp³-hybridized carbons (Fsp3) is 0.286. The van der Waals surface area contributed by atoms with Gasteiger partial charge in [-0.25, -0.2) is 9.97 Å². The van der Waals surface area contributed by atoms with Crippen LogP contribution in [-0.4, -0.2) is 28.0 Å². The number of fused-ring (bicyclic) bond motifs is 2. The molecule has 2 aromatic heterocycles. The summed E-state index contributed by atoms with van der Waals surface area (Å²) in [6, 6.07) is 14.6. The molecule has 4 heterocycles. The van der Waals surface area contributed by atoms with Gasteiger partial charge in [0.1, 0.15) is 11.5 Å². The van der Waals surface area contributed by atoms with Gasteiger partial charge in [0, 0.05) is 37.8 Å². The average molecular weight is 343 g/mol. The summed E-state index contributed by atoms with van der Waals surface area (Å²) in [4.78, 5) is 16.7. The van der Waals surface area contributed by atoms with E-state index in [4.69, 9.17) is 9.97 Å². The van der Waals surface area contributed by atoms with Gasteiger partial charge >= 0.3 is 0 Å². The molecule has 0 bridgehead atoms. The second kappa shape index (κ2) is 6.50. The van der Waals surface area contributed by atoms with E-state index < -0.39 is 0 Å². The van der Waals surface area contributed by atoms with Crippen molar-refractivity contribution in [1.82, 2.24) is 20.3 Å². The Labute approximate surface area is 153 Å². The van der Waals surface area contributed by atoms with Crippen molar-refractivity contribution in [2.45, 2.75) is 25.9 Å². The zero-order valence-electron chi connectivity index (χ0n) is 14.7. The third-order valence-corrected chi connectivity index (χ3v) is 5.20. The van der Waals surface area contributed by atoms with Crippen LogP contribution in [0, 0.1) is 0 Å². The zero-order valence-corrected chi connectivity index (χ0v) is 14.7. The zero-order chi connectivity index (χ0) is 17.3. The Balaban J connectivity index is 1.62. The van der Waals surface area contributed by atoms with Gasteiger partial charge < -0.3 is 10.2 Å². The molecule has 0 radical (unpaired) electrons. The van der Waals surface area contributed by atoms with E-state index in [0.717, 1.165) is 62.1 Å². The number of anilines is 1. The first-order valence-electron chi connectivity index (χ1n) is 9.22. The summed E-state index contributed by atoms with van der Waals surface area (Å²) < 4.78 is 0. The Morgan fingerprint density at radius 1 is 0.846 bits per heavy atom. The maximum atomic E-state index is 4.99. The normalized spacial score (nSPS) is 16.1. The van der Waals surface area contributed by atoms with Crippen LogP contribution in [0.1, 0.15) is 22.4 Å². The van der Waals surface area contributed by atoms with E-state index in [-0.39, 0.29) is 0 Å². The second-order valence-corrected chi connectivity index (χ2v) is 6.89. The first kappa shape index (κ1) is 15.5. The van der Waals surface area contributed by atoms with Gasteiger partial charge in [0.15, 0.2) is 5.82 Å². The van der Waals surface area contributed by atoms with Gasteiger partial charge in [-0.3, -0.25) is 4.98 Å². The molecular formula is C21H21N5. The van der Waals surface area contributed by atoms with E-state index in [1.165, 1.54) is 16.7 Å². The highest BCUT2D eigenvalue weighted by Gasteiger charge is 2.26. The molecule has 26 heavy (non-hydrogen) atoms. The van der Waals surface area contributed by atoms with Crippen molar-refractivity contribution in [2.75, 3.05) is 18.0 Å². The van der Waals surface area contributed by atoms with Gasteiger partial charge in [0.2, 0.25) is 0 Å². The Morgan fingerprint density at radius 3 is 2.38 bits per heavy atom. The predicted octanol–water partition coefficient (Wildman–Crippen LogP) is 2.75. The first-order valence-corrected chi connectivity index (χ1v) is 9.22. The Bertz CT molecular complexity index is 913. The molecule has 0 amide bonds. The molecule has 2 aliphatic rings. The van der Waals surface area contributed by atoms with Crippen LogP contribution in [0.25, 0.3) is 11.5 Å². The van der Waals surface area contributed by atoms with Crippen molar-refractivity contribution < 1.29 is 0 Å². The number of benzene rings is 1. The largest absolute Gasteiger partial charge is 0.348 e. The Morgan fingerprint density at radius 2 is 1.62 bits per heavy atom. The molecular weight excluding hydrogens is 322 g/mol. The molecule has 0 atom stereocenters. The van der Waals surface area contributed by atoms with Crippen LogP contribution >= 0.6 is 0 Å². The first-order chi connectivity index (χ1) is 12.9. The second-order valence-electron chi connectivity index (χ2n) is 6.89. The minimum atomic E-state index is 0.734. The van der Waals surface area contributed by atoms with Gasteiger partial charge in [-0.15, -0.1) is 0 Å². The van der Waals surface area contributed by atoms with Crippen molar-refractivity contribution >= 4 is 5.82 Å². The molecule has 3 aromatic rings. The van der Waals surface area contributed by atoms with Crippen molar-refractivity contribution in [2.24, 2.45) is 0 Å². The van der Waals surface area contributed by atoms with Crippen molar-refractivity contribution in [3.8, 4) is 11.5 Å². The van der Waals surface area contributed by atoms with Gasteiger partial charge in [-0.1, -0.05) is 30.3 Å². The van der Waals surface area contributed by atoms with Crippen LogP contribution < -0.4 is 10.2 Å². The number of hydrogen-bond acceptors (Lipinski definition) is 5. The van der Waals surface area contributed by atoms with Gasteiger partial charge in [0.05, 0.1) is 5.69 Å². The van der Waals surface area contributed by atoms with Gasteiger partial charge in [0.25, 0.3) is 0 Å². The lowest BCUT2D eigenvalue weighted by Gasteiger charge is -2.22. The SMILES string of the molecule is c1ccc(-c2nc3c(c(N4Cc5ccccc5C4)n2)CCNCC3)nc1. The van der Waals surface area contributed by atoms with Crippen LogP contribution in [0.4, 0.5) is 5.82 Å². The standard InChI is InChI=1S/C21H21N5/c1-2-6-16-14-26(13-15(16)5-1)21-17-8-11-22-12-9-18(17)24-20(25-21)19-7-3-4-10-23-19/h1-7,10,22H,8-9,11-14H2. The molecule has 5 heteroatoms. The third-order valence-electron chi connectivity index (χ3n) is 5.20. The molecule has 1 aromatic carbocycles. The Kier molecular flexibility index (Phi) is 3.87. The molecule has 0 fully saturated rings. The lowest BCUT2D eigenvalue weighted by Crippen LogP contribution is -2.21. The van der Waals surface area contributed by atoms with Crippen LogP contribution in [0.3, 0.4) is 0 Å². The highest BCUT2D eigenvalue weighted by molar-refractivity contribution is 5.60. The Hall–Kier alpha value is -2.79. The number of pyridine rings is 1. The highest BCUT2D eigenvalue weighted by atomic mass is 15.2. The van der Waals surface area contributed by atoms with E-state index in [9.17, 15) is 0 Å². The fourth-order valence-corrected chi connectivity index (χ4v) is 3.88. The highest BCUT2D eigenvalue weighted by Crippen LogP contribution is 2.32. The monoisotopic (exact) mass is 343 g/mol. The van der Waals surface area contributed by atoms with Crippen LogP contribution in [-0.2, 0) is 25.9 Å². The van der Waals surface area contributed by atoms with Crippen LogP contribution in [0.5, 0.6) is 0 Å². The van der Waals surface area contributed by atoms with Crippen molar-refractivity contribution in [1.29, 1.82) is 0 Å². The summed E-state index contributed by atoms with van der Waals surface area (Å²) in [5, 5.41) is 3.49. The number of rotatable bonds is 2. The quantitative estimate of drug-likeness (QED) is 0.775. The minimum Gasteiger partial charge on any atom is -0.348 e. The van der Waals surface area contributed by atoms with E-state index >= 15 is 0 Å². The molecule has 1 N–H and O–H groups in total. The number of nitrogens with zero attached hydrogens (tertiary/aromatic N) is 4. The minimum absolute atomic E-state index is 0.734. The fourth-order valence-electron chi connectivity index (χ4n) is 3.88. The molecule has 130 valence electrons. The lowest BCUT2D eigenvalue weighted by atomic mass is 10.1. The molecule has 0 saturated carbocycles. The van der Waals surface area contributed by atoms with Gasteiger partial charge in [-0.05, 0) is 36.2 Å². The topological polar surface area (TPSA) is 53.9 Å². The van der Waals surface area contributed by atoms with E-state index in [0.29, 0.717) is 0 Å². The van der Waals surface area contributed by atoms with E-state index in [1.54, 1.807) is 6.20 Å². The van der Waals surface area contributed by atoms with Crippen molar-refractivity contribution in [3.63, 3.8) is 0 Å². The summed E-state index contributed by atoms with van der Waals surface area (Å²) in [5.74, 6) is 1.81. The molecule has 5 nitrogen and oxygen atoms in total. The number of aromatic nitrogens is 3. The number of nitrogens with one attached hydrogen (secondary N) is 1. The van der Waals surface area contributed by atoms with E-state index in [2.05, 4.69) is 39.5 Å². The smallest absolute Gasteiger partial charge is 0.180 e. The van der Waals surface area contributed by atoms with Crippen LogP contribution in [0.2, 0.25) is 0 Å². The van der Waals surface area contributed by atoms with Crippen LogP contribution in [0.15, 0.2) is 48.7 Å².